The van der Waals surface area contributed by atoms with Crippen molar-refractivity contribution in [2.75, 3.05) is 43.9 Å². The average Bonchev–Trinajstić information content (AvgIpc) is 3.34. The molecular formula is C20H24N7O2S2+. The van der Waals surface area contributed by atoms with Crippen LogP contribution in [0.1, 0.15) is 0 Å². The lowest BCUT2D eigenvalue weighted by atomic mass is 10.3. The maximum absolute atomic E-state index is 12.7. The van der Waals surface area contributed by atoms with Crippen molar-refractivity contribution < 1.29 is 4.90 Å². The third-order valence-electron chi connectivity index (χ3n) is 5.70. The molecule has 4 aromatic rings. The number of aromatic nitrogens is 5. The first-order valence-electron chi connectivity index (χ1n) is 10.3. The number of fused-ring (bicyclic) bond motifs is 2. The van der Waals surface area contributed by atoms with Crippen LogP contribution >= 0.6 is 23.1 Å². The summed E-state index contributed by atoms with van der Waals surface area (Å²) < 4.78 is 5.56. The number of thiazole rings is 1. The lowest BCUT2D eigenvalue weighted by Crippen LogP contribution is -3.12. The van der Waals surface area contributed by atoms with E-state index in [0.29, 0.717) is 17.7 Å². The molecule has 5 rings (SSSR count). The van der Waals surface area contributed by atoms with Gasteiger partial charge in [-0.05, 0) is 12.1 Å². The second-order valence-electron chi connectivity index (χ2n) is 7.79. The topological polar surface area (TPSA) is 93.2 Å². The van der Waals surface area contributed by atoms with Gasteiger partial charge in [-0.2, -0.15) is 4.98 Å². The highest BCUT2D eigenvalue weighted by Crippen LogP contribution is 2.30. The number of nitrogens with one attached hydrogen (secondary N) is 2. The van der Waals surface area contributed by atoms with E-state index >= 15 is 0 Å². The fourth-order valence-electron chi connectivity index (χ4n) is 3.90. The van der Waals surface area contributed by atoms with Crippen molar-refractivity contribution in [3.63, 3.8) is 0 Å². The highest BCUT2D eigenvalue weighted by atomic mass is 32.2. The number of para-hydroxylation sites is 1. The Morgan fingerprint density at radius 2 is 1.97 bits per heavy atom. The normalized spacial score (nSPS) is 15.4. The molecule has 31 heavy (non-hydrogen) atoms. The van der Waals surface area contributed by atoms with E-state index < -0.39 is 5.69 Å². The van der Waals surface area contributed by atoms with E-state index in [1.165, 1.54) is 14.2 Å². The van der Waals surface area contributed by atoms with E-state index in [1.54, 1.807) is 30.1 Å². The van der Waals surface area contributed by atoms with Crippen molar-refractivity contribution in [3.8, 4) is 0 Å². The van der Waals surface area contributed by atoms with Gasteiger partial charge in [-0.25, -0.2) is 9.78 Å². The van der Waals surface area contributed by atoms with Crippen LogP contribution in [0.25, 0.3) is 21.4 Å². The van der Waals surface area contributed by atoms with Crippen molar-refractivity contribution in [2.45, 2.75) is 10.9 Å². The summed E-state index contributed by atoms with van der Waals surface area (Å²) in [6, 6.07) is 8.11. The first-order valence-corrected chi connectivity index (χ1v) is 12.1. The summed E-state index contributed by atoms with van der Waals surface area (Å²) in [7, 11) is 3.83. The third kappa shape index (κ3) is 3.77. The Hall–Kier alpha value is -2.63. The van der Waals surface area contributed by atoms with Crippen LogP contribution in [0.2, 0.25) is 0 Å². The van der Waals surface area contributed by atoms with Crippen LogP contribution in [-0.4, -0.2) is 63.1 Å². The maximum atomic E-state index is 12.7. The standard InChI is InChI=1S/C20H23N7O2S2/c1-24-7-9-26(10-8-24)18-22-16-15(17(28)23-19(29)25(16)2)27(18)11-12-30-20-21-13-5-3-4-6-14(13)31-20/h3-6H,7-12H2,1-2H3,(H,23,28,29)/p+1. The van der Waals surface area contributed by atoms with Gasteiger partial charge in [0.2, 0.25) is 5.95 Å². The summed E-state index contributed by atoms with van der Waals surface area (Å²) in [6.45, 7) is 4.36. The lowest BCUT2D eigenvalue weighted by Gasteiger charge is -2.31. The van der Waals surface area contributed by atoms with Crippen LogP contribution in [0.15, 0.2) is 38.2 Å². The number of hydrogen-bond donors (Lipinski definition) is 2. The fourth-order valence-corrected chi connectivity index (χ4v) is 5.97. The summed E-state index contributed by atoms with van der Waals surface area (Å²) in [4.78, 5) is 40.4. The van der Waals surface area contributed by atoms with Gasteiger partial charge in [0.25, 0.3) is 5.56 Å². The molecule has 1 saturated heterocycles. The first kappa shape index (κ1) is 20.3. The number of nitrogens with zero attached hydrogens (tertiary/aromatic N) is 5. The zero-order valence-electron chi connectivity index (χ0n) is 17.4. The van der Waals surface area contributed by atoms with Gasteiger partial charge in [0.1, 0.15) is 0 Å². The predicted molar refractivity (Wildman–Crippen MR) is 125 cm³/mol. The highest BCUT2D eigenvalue weighted by molar-refractivity contribution is 8.01. The number of aryl methyl sites for hydroxylation is 2. The molecule has 1 aliphatic heterocycles. The average molecular weight is 459 g/mol. The van der Waals surface area contributed by atoms with Gasteiger partial charge >= 0.3 is 5.69 Å². The van der Waals surface area contributed by atoms with Crippen LogP contribution in [0.5, 0.6) is 0 Å². The third-order valence-corrected chi connectivity index (χ3v) is 7.86. The number of benzene rings is 1. The Balaban J connectivity index is 1.48. The molecule has 0 amide bonds. The summed E-state index contributed by atoms with van der Waals surface area (Å²) >= 11 is 3.36. The molecule has 2 N–H and O–H groups in total. The second-order valence-corrected chi connectivity index (χ2v) is 10.2. The summed E-state index contributed by atoms with van der Waals surface area (Å²) in [5, 5.41) is 0. The van der Waals surface area contributed by atoms with Crippen molar-refractivity contribution in [3.05, 3.63) is 45.1 Å². The van der Waals surface area contributed by atoms with E-state index in [0.717, 1.165) is 47.7 Å². The van der Waals surface area contributed by atoms with E-state index in [1.807, 2.05) is 22.8 Å². The smallest absolute Gasteiger partial charge is 0.329 e. The minimum atomic E-state index is -0.444. The number of aromatic amines is 1. The molecule has 0 saturated carbocycles. The van der Waals surface area contributed by atoms with E-state index in [-0.39, 0.29) is 5.56 Å². The second kappa shape index (κ2) is 8.13. The molecular weight excluding hydrogens is 434 g/mol. The quantitative estimate of drug-likeness (QED) is 0.414. The monoisotopic (exact) mass is 458 g/mol. The molecule has 0 atom stereocenters. The Kier molecular flexibility index (Phi) is 5.32. The van der Waals surface area contributed by atoms with Gasteiger partial charge in [0, 0.05) is 19.3 Å². The van der Waals surface area contributed by atoms with Crippen molar-refractivity contribution in [2.24, 2.45) is 7.05 Å². The molecule has 162 valence electrons. The molecule has 4 heterocycles. The summed E-state index contributed by atoms with van der Waals surface area (Å²) in [5.41, 5.74) is 1.06. The van der Waals surface area contributed by atoms with Crippen LogP contribution in [0.3, 0.4) is 0 Å². The number of hydrogen-bond acceptors (Lipinski definition) is 7. The van der Waals surface area contributed by atoms with Crippen molar-refractivity contribution >= 4 is 50.4 Å². The molecule has 1 fully saturated rings. The van der Waals surface area contributed by atoms with Gasteiger partial charge in [-0.1, -0.05) is 23.9 Å². The summed E-state index contributed by atoms with van der Waals surface area (Å²) in [6.07, 6.45) is 0. The van der Waals surface area contributed by atoms with Crippen molar-refractivity contribution in [1.29, 1.82) is 0 Å². The number of piperazine rings is 1. The van der Waals surface area contributed by atoms with E-state index in [4.69, 9.17) is 4.98 Å². The Labute approximate surface area is 186 Å². The molecule has 11 heteroatoms. The minimum absolute atomic E-state index is 0.387. The van der Waals surface area contributed by atoms with Crippen molar-refractivity contribution in [1.82, 2.24) is 24.1 Å². The number of imidazole rings is 1. The fraction of sp³-hybridized carbons (Fsp3) is 0.400. The first-order chi connectivity index (χ1) is 15.0. The molecule has 0 unspecified atom stereocenters. The number of H-pyrrole nitrogens is 1. The Morgan fingerprint density at radius 1 is 1.19 bits per heavy atom. The zero-order chi connectivity index (χ0) is 21.5. The molecule has 0 spiro atoms. The lowest BCUT2D eigenvalue weighted by molar-refractivity contribution is -0.880. The Morgan fingerprint density at radius 3 is 2.74 bits per heavy atom. The number of thioether (sulfide) groups is 1. The molecule has 0 aliphatic carbocycles. The largest absolute Gasteiger partial charge is 0.334 e. The number of anilines is 1. The van der Waals surface area contributed by atoms with Crippen LogP contribution < -0.4 is 21.0 Å². The molecule has 1 aromatic carbocycles. The van der Waals surface area contributed by atoms with Crippen LogP contribution in [-0.2, 0) is 13.6 Å². The Bertz CT molecular complexity index is 1330. The summed E-state index contributed by atoms with van der Waals surface area (Å²) in [5.74, 6) is 1.51. The minimum Gasteiger partial charge on any atom is -0.334 e. The number of rotatable bonds is 5. The van der Waals surface area contributed by atoms with E-state index in [2.05, 4.69) is 28.0 Å². The molecule has 0 bridgehead atoms. The molecule has 9 nitrogen and oxygen atoms in total. The number of quaternary nitrogens is 1. The zero-order valence-corrected chi connectivity index (χ0v) is 19.1. The van der Waals surface area contributed by atoms with E-state index in [9.17, 15) is 9.59 Å². The van der Waals surface area contributed by atoms with Gasteiger partial charge < -0.3 is 14.4 Å². The van der Waals surface area contributed by atoms with Gasteiger partial charge in [0.05, 0.1) is 43.4 Å². The van der Waals surface area contributed by atoms with Crippen LogP contribution in [0.4, 0.5) is 5.95 Å². The maximum Gasteiger partial charge on any atom is 0.329 e. The molecule has 0 radical (unpaired) electrons. The van der Waals surface area contributed by atoms with Crippen LogP contribution in [0, 0.1) is 0 Å². The highest BCUT2D eigenvalue weighted by Gasteiger charge is 2.25. The van der Waals surface area contributed by atoms with Gasteiger partial charge in [0.15, 0.2) is 15.5 Å². The predicted octanol–water partition coefficient (Wildman–Crippen LogP) is 0.160. The van der Waals surface area contributed by atoms with Gasteiger partial charge in [-0.15, -0.1) is 11.3 Å². The SMILES string of the molecule is Cn1c(=O)[nH]c(=O)c2c1nc(N1CC[NH+](C)CC1)n2CCSc1nc2ccccc2s1. The molecule has 1 aliphatic rings. The van der Waals surface area contributed by atoms with Gasteiger partial charge in [-0.3, -0.25) is 14.3 Å². The number of likely N-dealkylation sites (N-methyl/N-ethyl adjacent to an activating group) is 1. The molecule has 3 aromatic heterocycles.